The quantitative estimate of drug-likeness (QED) is 0.724. The first kappa shape index (κ1) is 11.9. The van der Waals surface area contributed by atoms with E-state index in [0.29, 0.717) is 21.4 Å². The summed E-state index contributed by atoms with van der Waals surface area (Å²) in [5, 5.41) is 4.33. The summed E-state index contributed by atoms with van der Waals surface area (Å²) in [5.41, 5.74) is 14.0. The van der Waals surface area contributed by atoms with Gasteiger partial charge in [0.2, 0.25) is 0 Å². The zero-order valence-corrected chi connectivity index (χ0v) is 10.4. The average molecular weight is 268 g/mol. The molecule has 17 heavy (non-hydrogen) atoms. The molecule has 0 radical (unpaired) electrons. The van der Waals surface area contributed by atoms with Crippen molar-refractivity contribution in [3.63, 3.8) is 0 Å². The zero-order chi connectivity index (χ0) is 12.4. The highest BCUT2D eigenvalue weighted by molar-refractivity contribution is 6.35. The molecular formula is C12H11Cl2N3. The number of benzene rings is 2. The summed E-state index contributed by atoms with van der Waals surface area (Å²) in [5.74, 6) is 0. The molecule has 3 nitrogen and oxygen atoms in total. The minimum absolute atomic E-state index is 0.521. The second-order valence-corrected chi connectivity index (χ2v) is 4.44. The van der Waals surface area contributed by atoms with Gasteiger partial charge in [-0.3, -0.25) is 0 Å². The smallest absolute Gasteiger partial charge is 0.0642 e. The first-order valence-corrected chi connectivity index (χ1v) is 5.69. The van der Waals surface area contributed by atoms with Gasteiger partial charge < -0.3 is 16.8 Å². The monoisotopic (exact) mass is 267 g/mol. The fourth-order valence-electron chi connectivity index (χ4n) is 1.40. The number of hydrogen-bond acceptors (Lipinski definition) is 3. The standard InChI is InChI=1S/C12H11Cl2N3/c13-7-1-3-9(14)12(5-7)17-8-2-4-10(15)11(16)6-8/h1-6,17H,15-16H2. The van der Waals surface area contributed by atoms with E-state index in [1.807, 2.05) is 6.07 Å². The van der Waals surface area contributed by atoms with Gasteiger partial charge in [0.25, 0.3) is 0 Å². The molecule has 0 heterocycles. The van der Waals surface area contributed by atoms with Gasteiger partial charge in [0.1, 0.15) is 0 Å². The summed E-state index contributed by atoms with van der Waals surface area (Å²) in [6.07, 6.45) is 0. The Bertz CT molecular complexity index is 555. The van der Waals surface area contributed by atoms with Crippen LogP contribution in [0.3, 0.4) is 0 Å². The molecule has 2 rings (SSSR count). The minimum Gasteiger partial charge on any atom is -0.397 e. The van der Waals surface area contributed by atoms with Crippen LogP contribution in [0.4, 0.5) is 22.7 Å². The van der Waals surface area contributed by atoms with E-state index in [1.54, 1.807) is 30.3 Å². The van der Waals surface area contributed by atoms with Gasteiger partial charge in [0.05, 0.1) is 22.1 Å². The van der Waals surface area contributed by atoms with Crippen LogP contribution in [0.2, 0.25) is 10.0 Å². The molecule has 0 aliphatic rings. The van der Waals surface area contributed by atoms with E-state index in [1.165, 1.54) is 0 Å². The van der Waals surface area contributed by atoms with Crippen molar-refractivity contribution < 1.29 is 0 Å². The summed E-state index contributed by atoms with van der Waals surface area (Å²) < 4.78 is 0. The van der Waals surface area contributed by atoms with Crippen LogP contribution in [0.25, 0.3) is 0 Å². The molecule has 0 unspecified atom stereocenters. The summed E-state index contributed by atoms with van der Waals surface area (Å²) in [6, 6.07) is 10.5. The SMILES string of the molecule is Nc1ccc(Nc2cc(Cl)ccc2Cl)cc1N. The van der Waals surface area contributed by atoms with Crippen LogP contribution in [0.1, 0.15) is 0 Å². The van der Waals surface area contributed by atoms with Gasteiger partial charge in [0, 0.05) is 10.7 Å². The summed E-state index contributed by atoms with van der Waals surface area (Å²) >= 11 is 11.9. The largest absolute Gasteiger partial charge is 0.397 e. The Balaban J connectivity index is 2.31. The van der Waals surface area contributed by atoms with Crippen LogP contribution in [0.15, 0.2) is 36.4 Å². The van der Waals surface area contributed by atoms with Crippen molar-refractivity contribution in [1.82, 2.24) is 0 Å². The van der Waals surface area contributed by atoms with Gasteiger partial charge in [0.15, 0.2) is 0 Å². The second-order valence-electron chi connectivity index (χ2n) is 3.59. The van der Waals surface area contributed by atoms with Crippen molar-refractivity contribution in [1.29, 1.82) is 0 Å². The number of nitrogens with one attached hydrogen (secondary N) is 1. The Hall–Kier alpha value is -1.58. The molecule has 0 saturated heterocycles. The molecule has 0 fully saturated rings. The predicted molar refractivity (Wildman–Crippen MR) is 75.0 cm³/mol. The van der Waals surface area contributed by atoms with Gasteiger partial charge >= 0.3 is 0 Å². The minimum atomic E-state index is 0.521. The van der Waals surface area contributed by atoms with Crippen LogP contribution in [0, 0.1) is 0 Å². The van der Waals surface area contributed by atoms with E-state index in [2.05, 4.69) is 5.32 Å². The number of nitrogens with two attached hydrogens (primary N) is 2. The number of rotatable bonds is 2. The molecule has 5 heteroatoms. The highest BCUT2D eigenvalue weighted by Gasteiger charge is 2.03. The third-order valence-electron chi connectivity index (χ3n) is 2.29. The maximum absolute atomic E-state index is 6.04. The lowest BCUT2D eigenvalue weighted by Gasteiger charge is -2.10. The molecule has 0 atom stereocenters. The zero-order valence-electron chi connectivity index (χ0n) is 8.87. The molecule has 0 amide bonds. The number of anilines is 4. The van der Waals surface area contributed by atoms with Gasteiger partial charge in [-0.2, -0.15) is 0 Å². The van der Waals surface area contributed by atoms with E-state index in [4.69, 9.17) is 34.7 Å². The predicted octanol–water partition coefficient (Wildman–Crippen LogP) is 3.90. The lowest BCUT2D eigenvalue weighted by Crippen LogP contribution is -1.97. The first-order chi connectivity index (χ1) is 8.06. The van der Waals surface area contributed by atoms with Crippen LogP contribution in [-0.4, -0.2) is 0 Å². The fraction of sp³-hybridized carbons (Fsp3) is 0. The van der Waals surface area contributed by atoms with Crippen molar-refractivity contribution in [2.75, 3.05) is 16.8 Å². The average Bonchev–Trinajstić information content (AvgIpc) is 2.29. The fourth-order valence-corrected chi connectivity index (χ4v) is 1.74. The van der Waals surface area contributed by atoms with E-state index < -0.39 is 0 Å². The van der Waals surface area contributed by atoms with Crippen molar-refractivity contribution >= 4 is 46.0 Å². The van der Waals surface area contributed by atoms with E-state index in [0.717, 1.165) is 11.4 Å². The molecule has 2 aromatic rings. The summed E-state index contributed by atoms with van der Waals surface area (Å²) in [6.45, 7) is 0. The van der Waals surface area contributed by atoms with E-state index >= 15 is 0 Å². The lowest BCUT2D eigenvalue weighted by molar-refractivity contribution is 1.54. The Labute approximate surface area is 109 Å². The van der Waals surface area contributed by atoms with Gasteiger partial charge in [-0.15, -0.1) is 0 Å². The van der Waals surface area contributed by atoms with Crippen LogP contribution in [-0.2, 0) is 0 Å². The van der Waals surface area contributed by atoms with Crippen LogP contribution < -0.4 is 16.8 Å². The van der Waals surface area contributed by atoms with Crippen molar-refractivity contribution in [3.8, 4) is 0 Å². The Morgan fingerprint density at radius 1 is 0.882 bits per heavy atom. The van der Waals surface area contributed by atoms with Crippen LogP contribution in [0.5, 0.6) is 0 Å². The van der Waals surface area contributed by atoms with Gasteiger partial charge in [-0.1, -0.05) is 23.2 Å². The third-order valence-corrected chi connectivity index (χ3v) is 2.86. The normalized spacial score (nSPS) is 10.2. The summed E-state index contributed by atoms with van der Waals surface area (Å²) in [7, 11) is 0. The molecule has 0 saturated carbocycles. The molecule has 0 aliphatic carbocycles. The summed E-state index contributed by atoms with van der Waals surface area (Å²) in [4.78, 5) is 0. The van der Waals surface area contributed by atoms with Gasteiger partial charge in [-0.25, -0.2) is 0 Å². The van der Waals surface area contributed by atoms with Crippen molar-refractivity contribution in [3.05, 3.63) is 46.4 Å². The van der Waals surface area contributed by atoms with E-state index in [-0.39, 0.29) is 0 Å². The van der Waals surface area contributed by atoms with Crippen LogP contribution >= 0.6 is 23.2 Å². The molecular weight excluding hydrogens is 257 g/mol. The lowest BCUT2D eigenvalue weighted by atomic mass is 10.2. The molecule has 5 N–H and O–H groups in total. The molecule has 0 aliphatic heterocycles. The Morgan fingerprint density at radius 2 is 1.65 bits per heavy atom. The van der Waals surface area contributed by atoms with Crippen molar-refractivity contribution in [2.45, 2.75) is 0 Å². The highest BCUT2D eigenvalue weighted by Crippen LogP contribution is 2.29. The second kappa shape index (κ2) is 4.73. The number of halogens is 2. The molecule has 88 valence electrons. The van der Waals surface area contributed by atoms with Gasteiger partial charge in [-0.05, 0) is 36.4 Å². The molecule has 0 bridgehead atoms. The maximum Gasteiger partial charge on any atom is 0.0642 e. The molecule has 0 aromatic heterocycles. The number of hydrogen-bond donors (Lipinski definition) is 3. The molecule has 0 spiro atoms. The van der Waals surface area contributed by atoms with E-state index in [9.17, 15) is 0 Å². The molecule has 2 aromatic carbocycles. The van der Waals surface area contributed by atoms with Crippen molar-refractivity contribution in [2.24, 2.45) is 0 Å². The maximum atomic E-state index is 6.04. The Kier molecular flexibility index (Phi) is 3.31. The Morgan fingerprint density at radius 3 is 2.35 bits per heavy atom. The highest BCUT2D eigenvalue weighted by atomic mass is 35.5. The topological polar surface area (TPSA) is 64.1 Å². The number of nitrogen functional groups attached to an aromatic ring is 2. The first-order valence-electron chi connectivity index (χ1n) is 4.93. The third kappa shape index (κ3) is 2.75.